The van der Waals surface area contributed by atoms with Crippen molar-refractivity contribution in [1.82, 2.24) is 14.5 Å². The quantitative estimate of drug-likeness (QED) is 0.358. The lowest BCUT2D eigenvalue weighted by Gasteiger charge is -2.31. The first-order valence-corrected chi connectivity index (χ1v) is 12.9. The lowest BCUT2D eigenvalue weighted by molar-refractivity contribution is -0.385. The van der Waals surface area contributed by atoms with Crippen LogP contribution in [0.3, 0.4) is 0 Å². The number of nitrogens with zero attached hydrogens (tertiary/aromatic N) is 3. The van der Waals surface area contributed by atoms with Gasteiger partial charge in [-0.1, -0.05) is 13.0 Å². The molecule has 0 bridgehead atoms. The Bertz CT molecular complexity index is 928. The number of sulfonamides is 1. The molecular weight excluding hydrogens is 432 g/mol. The van der Waals surface area contributed by atoms with Gasteiger partial charge in [0.15, 0.2) is 0 Å². The smallest absolute Gasteiger partial charge is 0.270 e. The molecular formula is C22H34N4O5S. The number of rotatable bonds is 8. The fourth-order valence-electron chi connectivity index (χ4n) is 4.63. The van der Waals surface area contributed by atoms with Crippen LogP contribution in [0.4, 0.5) is 5.69 Å². The summed E-state index contributed by atoms with van der Waals surface area (Å²) in [6.45, 7) is 8.25. The average Bonchev–Trinajstić information content (AvgIpc) is 2.76. The van der Waals surface area contributed by atoms with Gasteiger partial charge in [-0.3, -0.25) is 14.9 Å². The Morgan fingerprint density at radius 1 is 1.22 bits per heavy atom. The number of carbonyl (C=O) groups is 1. The van der Waals surface area contributed by atoms with Gasteiger partial charge in [0.1, 0.15) is 0 Å². The van der Waals surface area contributed by atoms with Crippen molar-refractivity contribution in [3.8, 4) is 0 Å². The van der Waals surface area contributed by atoms with Crippen molar-refractivity contribution >= 4 is 21.6 Å². The molecule has 1 aromatic rings. The van der Waals surface area contributed by atoms with Crippen molar-refractivity contribution in [2.75, 3.05) is 39.3 Å². The van der Waals surface area contributed by atoms with Crippen molar-refractivity contribution in [2.45, 2.75) is 50.8 Å². The fourth-order valence-corrected chi connectivity index (χ4v) is 6.34. The Hall–Kier alpha value is -2.04. The summed E-state index contributed by atoms with van der Waals surface area (Å²) in [5.41, 5.74) is 0.223. The molecule has 1 aromatic carbocycles. The molecule has 0 saturated carbocycles. The molecule has 2 aliphatic rings. The molecule has 1 N–H and O–H groups in total. The van der Waals surface area contributed by atoms with Crippen molar-refractivity contribution in [3.63, 3.8) is 0 Å². The molecule has 1 amide bonds. The van der Waals surface area contributed by atoms with Crippen LogP contribution in [-0.4, -0.2) is 67.7 Å². The number of likely N-dealkylation sites (tertiary alicyclic amines) is 1. The number of carbonyl (C=O) groups excluding carboxylic acids is 1. The van der Waals surface area contributed by atoms with Crippen molar-refractivity contribution in [1.29, 1.82) is 0 Å². The number of piperidine rings is 2. The van der Waals surface area contributed by atoms with Crippen LogP contribution in [-0.2, 0) is 14.8 Å². The third kappa shape index (κ3) is 6.05. The lowest BCUT2D eigenvalue weighted by Crippen LogP contribution is -2.43. The first-order valence-electron chi connectivity index (χ1n) is 11.4. The zero-order valence-corrected chi connectivity index (χ0v) is 19.8. The number of hydrogen-bond donors (Lipinski definition) is 1. The summed E-state index contributed by atoms with van der Waals surface area (Å²) in [5.74, 6) is 0.522. The number of hydrogen-bond acceptors (Lipinski definition) is 6. The predicted octanol–water partition coefficient (Wildman–Crippen LogP) is 2.54. The standard InChI is InChI=1S/C22H34N4O5S/c1-17-5-3-11-24(16-17)12-4-10-23-22(27)19-8-13-25(14-9-19)32(30,31)21-15-20(26(28)29)7-6-18(21)2/h6-7,15,17,19H,3-5,8-14,16H2,1-2H3,(H,23,27)/t17-/m0/s1. The van der Waals surface area contributed by atoms with Gasteiger partial charge in [-0.2, -0.15) is 4.31 Å². The molecule has 32 heavy (non-hydrogen) atoms. The largest absolute Gasteiger partial charge is 0.356 e. The van der Waals surface area contributed by atoms with E-state index in [0.29, 0.717) is 24.9 Å². The van der Waals surface area contributed by atoms with E-state index in [0.717, 1.165) is 38.0 Å². The molecule has 3 rings (SSSR count). The first-order chi connectivity index (χ1) is 15.2. The third-order valence-electron chi connectivity index (χ3n) is 6.52. The van der Waals surface area contributed by atoms with Gasteiger partial charge in [0.05, 0.1) is 9.82 Å². The Balaban J connectivity index is 1.47. The van der Waals surface area contributed by atoms with E-state index < -0.39 is 14.9 Å². The highest BCUT2D eigenvalue weighted by Crippen LogP contribution is 2.28. The van der Waals surface area contributed by atoms with Crippen LogP contribution in [0.2, 0.25) is 0 Å². The molecule has 9 nitrogen and oxygen atoms in total. The zero-order chi connectivity index (χ0) is 23.3. The summed E-state index contributed by atoms with van der Waals surface area (Å²) in [5, 5.41) is 14.1. The second-order valence-electron chi connectivity index (χ2n) is 9.08. The van der Waals surface area contributed by atoms with Crippen LogP contribution < -0.4 is 5.32 Å². The molecule has 2 saturated heterocycles. The summed E-state index contributed by atoms with van der Waals surface area (Å²) in [6, 6.07) is 3.87. The summed E-state index contributed by atoms with van der Waals surface area (Å²) in [4.78, 5) is 25.4. The summed E-state index contributed by atoms with van der Waals surface area (Å²) < 4.78 is 27.4. The number of nitro benzene ring substituents is 1. The molecule has 0 spiro atoms. The molecule has 178 valence electrons. The molecule has 0 aliphatic carbocycles. The number of nitro groups is 1. The van der Waals surface area contributed by atoms with E-state index in [1.54, 1.807) is 6.92 Å². The maximum Gasteiger partial charge on any atom is 0.270 e. The van der Waals surface area contributed by atoms with E-state index in [4.69, 9.17) is 0 Å². The summed E-state index contributed by atoms with van der Waals surface area (Å²) in [7, 11) is -3.84. The van der Waals surface area contributed by atoms with Crippen LogP contribution in [0.25, 0.3) is 0 Å². The molecule has 2 aliphatic heterocycles. The van der Waals surface area contributed by atoms with E-state index in [9.17, 15) is 23.3 Å². The number of benzene rings is 1. The first kappa shape index (κ1) is 24.6. The zero-order valence-electron chi connectivity index (χ0n) is 19.0. The van der Waals surface area contributed by atoms with Gasteiger partial charge in [0.2, 0.25) is 15.9 Å². The molecule has 10 heteroatoms. The number of amides is 1. The monoisotopic (exact) mass is 466 g/mol. The predicted molar refractivity (Wildman–Crippen MR) is 122 cm³/mol. The van der Waals surface area contributed by atoms with Gasteiger partial charge in [-0.25, -0.2) is 8.42 Å². The van der Waals surface area contributed by atoms with Crippen molar-refractivity contribution in [2.24, 2.45) is 11.8 Å². The fraction of sp³-hybridized carbons (Fsp3) is 0.682. The second kappa shape index (κ2) is 10.7. The van der Waals surface area contributed by atoms with Crippen LogP contribution in [0.1, 0.15) is 44.6 Å². The van der Waals surface area contributed by atoms with Crippen LogP contribution in [0.15, 0.2) is 23.1 Å². The van der Waals surface area contributed by atoms with Gasteiger partial charge in [0, 0.05) is 44.2 Å². The van der Waals surface area contributed by atoms with E-state index in [2.05, 4.69) is 17.1 Å². The third-order valence-corrected chi connectivity index (χ3v) is 8.56. The van der Waals surface area contributed by atoms with Gasteiger partial charge in [-0.15, -0.1) is 0 Å². The van der Waals surface area contributed by atoms with Gasteiger partial charge >= 0.3 is 0 Å². The summed E-state index contributed by atoms with van der Waals surface area (Å²) >= 11 is 0. The Morgan fingerprint density at radius 3 is 2.59 bits per heavy atom. The minimum atomic E-state index is -3.84. The maximum absolute atomic E-state index is 13.0. The highest BCUT2D eigenvalue weighted by Gasteiger charge is 2.33. The highest BCUT2D eigenvalue weighted by atomic mass is 32.2. The Kier molecular flexibility index (Phi) is 8.24. The minimum Gasteiger partial charge on any atom is -0.356 e. The van der Waals surface area contributed by atoms with E-state index in [1.165, 1.54) is 29.3 Å². The Morgan fingerprint density at radius 2 is 1.94 bits per heavy atom. The van der Waals surface area contributed by atoms with Gasteiger partial charge in [-0.05, 0) is 63.6 Å². The van der Waals surface area contributed by atoms with Crippen LogP contribution >= 0.6 is 0 Å². The van der Waals surface area contributed by atoms with E-state index in [-0.39, 0.29) is 35.5 Å². The van der Waals surface area contributed by atoms with Crippen LogP contribution in [0, 0.1) is 28.9 Å². The number of nitrogens with one attached hydrogen (secondary N) is 1. The topological polar surface area (TPSA) is 113 Å². The molecule has 0 aromatic heterocycles. The van der Waals surface area contributed by atoms with Crippen molar-refractivity contribution in [3.05, 3.63) is 33.9 Å². The average molecular weight is 467 g/mol. The lowest BCUT2D eigenvalue weighted by atomic mass is 9.97. The Labute approximate surface area is 190 Å². The molecule has 2 heterocycles. The summed E-state index contributed by atoms with van der Waals surface area (Å²) in [6.07, 6.45) is 4.34. The molecule has 0 unspecified atom stereocenters. The van der Waals surface area contributed by atoms with Gasteiger partial charge < -0.3 is 10.2 Å². The SMILES string of the molecule is Cc1ccc([N+](=O)[O-])cc1S(=O)(=O)N1CCC(C(=O)NCCCN2CCC[C@H](C)C2)CC1. The second-order valence-corrected chi connectivity index (χ2v) is 11.0. The van der Waals surface area contributed by atoms with E-state index >= 15 is 0 Å². The van der Waals surface area contributed by atoms with Crippen molar-refractivity contribution < 1.29 is 18.1 Å². The normalized spacial score (nSPS) is 21.4. The van der Waals surface area contributed by atoms with E-state index in [1.807, 2.05) is 0 Å². The van der Waals surface area contributed by atoms with Crippen LogP contribution in [0.5, 0.6) is 0 Å². The maximum atomic E-state index is 13.0. The number of aryl methyl sites for hydroxylation is 1. The minimum absolute atomic E-state index is 0.0133. The molecule has 0 radical (unpaired) electrons. The number of non-ortho nitro benzene ring substituents is 1. The highest BCUT2D eigenvalue weighted by molar-refractivity contribution is 7.89. The molecule has 2 fully saturated rings. The van der Waals surface area contributed by atoms with Gasteiger partial charge in [0.25, 0.3) is 5.69 Å². The molecule has 1 atom stereocenters.